The Morgan fingerprint density at radius 2 is 2.11 bits per heavy atom. The summed E-state index contributed by atoms with van der Waals surface area (Å²) < 4.78 is 5.54. The zero-order valence-corrected chi connectivity index (χ0v) is 11.0. The van der Waals surface area contributed by atoms with E-state index in [9.17, 15) is 5.11 Å². The first-order chi connectivity index (χ1) is 8.69. The molecule has 3 unspecified atom stereocenters. The van der Waals surface area contributed by atoms with Crippen LogP contribution in [0.3, 0.4) is 0 Å². The van der Waals surface area contributed by atoms with Crippen LogP contribution in [0.5, 0.6) is 0 Å². The van der Waals surface area contributed by atoms with Crippen molar-refractivity contribution in [3.63, 3.8) is 0 Å². The molecule has 1 saturated heterocycles. The SMILES string of the molecule is CC(c1ccccc1)C(O)C1(CN)CCCOC1. The summed E-state index contributed by atoms with van der Waals surface area (Å²) in [5.41, 5.74) is 6.79. The second-order valence-corrected chi connectivity index (χ2v) is 5.37. The molecule has 18 heavy (non-hydrogen) atoms. The molecule has 1 aliphatic heterocycles. The highest BCUT2D eigenvalue weighted by molar-refractivity contribution is 5.21. The summed E-state index contributed by atoms with van der Waals surface area (Å²) in [5.74, 6) is 0.0800. The van der Waals surface area contributed by atoms with Crippen molar-refractivity contribution in [3.8, 4) is 0 Å². The molecule has 3 heteroatoms. The lowest BCUT2D eigenvalue weighted by Gasteiger charge is -2.42. The Labute approximate surface area is 109 Å². The molecule has 3 atom stereocenters. The van der Waals surface area contributed by atoms with Crippen molar-refractivity contribution in [2.45, 2.75) is 31.8 Å². The summed E-state index contributed by atoms with van der Waals surface area (Å²) >= 11 is 0. The summed E-state index contributed by atoms with van der Waals surface area (Å²) in [7, 11) is 0. The highest BCUT2D eigenvalue weighted by Gasteiger charge is 2.41. The van der Waals surface area contributed by atoms with Gasteiger partial charge in [-0.2, -0.15) is 0 Å². The maximum atomic E-state index is 10.7. The smallest absolute Gasteiger partial charge is 0.0696 e. The maximum absolute atomic E-state index is 10.7. The Bertz CT molecular complexity index is 360. The number of hydrogen-bond acceptors (Lipinski definition) is 3. The third kappa shape index (κ3) is 2.58. The van der Waals surface area contributed by atoms with Gasteiger partial charge in [-0.25, -0.2) is 0 Å². The average Bonchev–Trinajstić information content (AvgIpc) is 2.47. The van der Waals surface area contributed by atoms with Gasteiger partial charge in [0.05, 0.1) is 12.7 Å². The van der Waals surface area contributed by atoms with Gasteiger partial charge in [0.25, 0.3) is 0 Å². The van der Waals surface area contributed by atoms with E-state index in [1.807, 2.05) is 18.2 Å². The topological polar surface area (TPSA) is 55.5 Å². The van der Waals surface area contributed by atoms with Crippen LogP contribution in [0.15, 0.2) is 30.3 Å². The molecule has 100 valence electrons. The monoisotopic (exact) mass is 249 g/mol. The van der Waals surface area contributed by atoms with Crippen molar-refractivity contribution in [3.05, 3.63) is 35.9 Å². The van der Waals surface area contributed by atoms with Crippen LogP contribution in [-0.2, 0) is 4.74 Å². The molecule has 1 aliphatic rings. The normalized spacial score (nSPS) is 27.7. The minimum Gasteiger partial charge on any atom is -0.392 e. The average molecular weight is 249 g/mol. The van der Waals surface area contributed by atoms with Gasteiger partial charge in [0.2, 0.25) is 0 Å². The summed E-state index contributed by atoms with van der Waals surface area (Å²) in [5, 5.41) is 10.7. The number of nitrogens with two attached hydrogens (primary N) is 1. The first-order valence-electron chi connectivity index (χ1n) is 6.70. The first-order valence-corrected chi connectivity index (χ1v) is 6.70. The second kappa shape index (κ2) is 5.83. The van der Waals surface area contributed by atoms with Crippen LogP contribution >= 0.6 is 0 Å². The van der Waals surface area contributed by atoms with E-state index in [2.05, 4.69) is 19.1 Å². The van der Waals surface area contributed by atoms with Gasteiger partial charge < -0.3 is 15.6 Å². The Morgan fingerprint density at radius 3 is 2.67 bits per heavy atom. The summed E-state index contributed by atoms with van der Waals surface area (Å²) in [4.78, 5) is 0. The molecule has 2 rings (SSSR count). The number of benzene rings is 1. The zero-order valence-electron chi connectivity index (χ0n) is 11.0. The van der Waals surface area contributed by atoms with E-state index in [-0.39, 0.29) is 11.3 Å². The zero-order chi connectivity index (χ0) is 13.0. The number of rotatable bonds is 4. The number of hydrogen-bond donors (Lipinski definition) is 2. The van der Waals surface area contributed by atoms with Crippen LogP contribution in [-0.4, -0.2) is 31.0 Å². The van der Waals surface area contributed by atoms with Crippen LogP contribution < -0.4 is 5.73 Å². The van der Waals surface area contributed by atoms with E-state index in [4.69, 9.17) is 10.5 Å². The van der Waals surface area contributed by atoms with E-state index >= 15 is 0 Å². The molecule has 3 N–H and O–H groups in total. The van der Waals surface area contributed by atoms with E-state index in [0.29, 0.717) is 13.2 Å². The van der Waals surface area contributed by atoms with Gasteiger partial charge in [0.1, 0.15) is 0 Å². The summed E-state index contributed by atoms with van der Waals surface area (Å²) in [6.07, 6.45) is 1.47. The van der Waals surface area contributed by atoms with E-state index in [1.54, 1.807) is 0 Å². The van der Waals surface area contributed by atoms with Crippen LogP contribution in [0.2, 0.25) is 0 Å². The fourth-order valence-corrected chi connectivity index (χ4v) is 2.86. The van der Waals surface area contributed by atoms with Crippen molar-refractivity contribution in [1.29, 1.82) is 0 Å². The molecule has 0 aromatic heterocycles. The van der Waals surface area contributed by atoms with E-state index in [0.717, 1.165) is 25.0 Å². The molecule has 0 bridgehead atoms. The van der Waals surface area contributed by atoms with Gasteiger partial charge in [0, 0.05) is 24.5 Å². The predicted octanol–water partition coefficient (Wildman–Crippen LogP) is 1.91. The van der Waals surface area contributed by atoms with E-state index in [1.165, 1.54) is 0 Å². The fourth-order valence-electron chi connectivity index (χ4n) is 2.86. The molecule has 1 aromatic carbocycles. The lowest BCUT2D eigenvalue weighted by Crippen LogP contribution is -2.49. The van der Waals surface area contributed by atoms with Gasteiger partial charge in [-0.1, -0.05) is 37.3 Å². The summed E-state index contributed by atoms with van der Waals surface area (Å²) in [6.45, 7) is 3.90. The van der Waals surface area contributed by atoms with Crippen LogP contribution in [0.4, 0.5) is 0 Å². The number of aliphatic hydroxyl groups is 1. The third-order valence-electron chi connectivity index (χ3n) is 4.19. The van der Waals surface area contributed by atoms with Gasteiger partial charge >= 0.3 is 0 Å². The molecule has 0 amide bonds. The Morgan fingerprint density at radius 1 is 1.39 bits per heavy atom. The molecule has 0 aliphatic carbocycles. The summed E-state index contributed by atoms with van der Waals surface area (Å²) in [6, 6.07) is 10.1. The van der Waals surface area contributed by atoms with Crippen molar-refractivity contribution < 1.29 is 9.84 Å². The quantitative estimate of drug-likeness (QED) is 0.857. The molecule has 0 radical (unpaired) electrons. The predicted molar refractivity (Wildman–Crippen MR) is 72.4 cm³/mol. The van der Waals surface area contributed by atoms with Crippen molar-refractivity contribution >= 4 is 0 Å². The molecule has 1 heterocycles. The van der Waals surface area contributed by atoms with Crippen molar-refractivity contribution in [2.75, 3.05) is 19.8 Å². The largest absolute Gasteiger partial charge is 0.392 e. The molecule has 1 aromatic rings. The molecule has 1 fully saturated rings. The molecule has 3 nitrogen and oxygen atoms in total. The fraction of sp³-hybridized carbons (Fsp3) is 0.600. The Hall–Kier alpha value is -0.900. The van der Waals surface area contributed by atoms with E-state index < -0.39 is 6.10 Å². The Kier molecular flexibility index (Phi) is 4.38. The highest BCUT2D eigenvalue weighted by Crippen LogP contribution is 2.37. The highest BCUT2D eigenvalue weighted by atomic mass is 16.5. The van der Waals surface area contributed by atoms with Crippen LogP contribution in [0.25, 0.3) is 0 Å². The lowest BCUT2D eigenvalue weighted by atomic mass is 9.71. The van der Waals surface area contributed by atoms with Gasteiger partial charge in [-0.15, -0.1) is 0 Å². The second-order valence-electron chi connectivity index (χ2n) is 5.37. The minimum absolute atomic E-state index is 0.0800. The first kappa shape index (κ1) is 13.5. The minimum atomic E-state index is -0.454. The molecule has 0 saturated carbocycles. The molecule has 0 spiro atoms. The van der Waals surface area contributed by atoms with Gasteiger partial charge in [-0.05, 0) is 18.4 Å². The van der Waals surface area contributed by atoms with Crippen molar-refractivity contribution in [1.82, 2.24) is 0 Å². The van der Waals surface area contributed by atoms with Crippen LogP contribution in [0.1, 0.15) is 31.2 Å². The number of aliphatic hydroxyl groups excluding tert-OH is 1. The lowest BCUT2D eigenvalue weighted by molar-refractivity contribution is -0.0839. The Balaban J connectivity index is 2.16. The third-order valence-corrected chi connectivity index (χ3v) is 4.19. The maximum Gasteiger partial charge on any atom is 0.0696 e. The van der Waals surface area contributed by atoms with Crippen LogP contribution in [0, 0.1) is 5.41 Å². The van der Waals surface area contributed by atoms with Gasteiger partial charge in [-0.3, -0.25) is 0 Å². The van der Waals surface area contributed by atoms with Gasteiger partial charge in [0.15, 0.2) is 0 Å². The molecular weight excluding hydrogens is 226 g/mol. The standard InChI is InChI=1S/C15H23NO2/c1-12(13-6-3-2-4-7-13)14(17)15(10-16)8-5-9-18-11-15/h2-4,6-7,12,14,17H,5,8-11,16H2,1H3. The van der Waals surface area contributed by atoms with Crippen molar-refractivity contribution in [2.24, 2.45) is 11.1 Å². The molecular formula is C15H23NO2. The number of ether oxygens (including phenoxy) is 1.